The van der Waals surface area contributed by atoms with Crippen molar-refractivity contribution in [1.29, 1.82) is 5.26 Å². The van der Waals surface area contributed by atoms with Gasteiger partial charge in [0.15, 0.2) is 9.84 Å². The van der Waals surface area contributed by atoms with Crippen LogP contribution >= 0.6 is 15.9 Å². The topological polar surface area (TPSA) is 67.2 Å². The van der Waals surface area contributed by atoms with Crippen molar-refractivity contribution in [3.63, 3.8) is 0 Å². The minimum absolute atomic E-state index is 0.108. The number of rotatable bonds is 6. The van der Waals surface area contributed by atoms with Gasteiger partial charge < -0.3 is 4.74 Å². The fraction of sp³-hybridized carbons (Fsp3) is 0.350. The molecule has 26 heavy (non-hydrogen) atoms. The van der Waals surface area contributed by atoms with Gasteiger partial charge in [-0.2, -0.15) is 5.26 Å². The van der Waals surface area contributed by atoms with Gasteiger partial charge >= 0.3 is 0 Å². The van der Waals surface area contributed by atoms with E-state index >= 15 is 0 Å². The summed E-state index contributed by atoms with van der Waals surface area (Å²) in [5.74, 6) is -0.404. The number of sulfone groups is 1. The van der Waals surface area contributed by atoms with E-state index < -0.39 is 26.4 Å². The molecular formula is C20H20BrNO3S. The van der Waals surface area contributed by atoms with Gasteiger partial charge in [0.2, 0.25) is 0 Å². The lowest BCUT2D eigenvalue weighted by Crippen LogP contribution is -2.19. The maximum absolute atomic E-state index is 13.3. The molecule has 2 aromatic rings. The molecule has 1 aliphatic carbocycles. The summed E-state index contributed by atoms with van der Waals surface area (Å²) in [6.45, 7) is 4.29. The summed E-state index contributed by atoms with van der Waals surface area (Å²) in [6.07, 6.45) is 0. The summed E-state index contributed by atoms with van der Waals surface area (Å²) in [5.41, 5.74) is 0.772. The Morgan fingerprint density at radius 3 is 2.31 bits per heavy atom. The van der Waals surface area contributed by atoms with Crippen LogP contribution in [0.2, 0.25) is 0 Å². The number of hydrogen-bond acceptors (Lipinski definition) is 4. The SMILES string of the molecule is CCOC[C@@]1(C#N)[C@H](c2ccc(Br)cc2)[C@@H]1S(=O)(=O)c1ccc(C)cc1. The Hall–Kier alpha value is -1.68. The van der Waals surface area contributed by atoms with Crippen LogP contribution in [0.5, 0.6) is 0 Å². The third kappa shape index (κ3) is 3.20. The van der Waals surface area contributed by atoms with E-state index in [1.165, 1.54) is 0 Å². The van der Waals surface area contributed by atoms with E-state index in [1.807, 2.05) is 38.1 Å². The van der Waals surface area contributed by atoms with Gasteiger partial charge in [-0.1, -0.05) is 45.8 Å². The number of benzene rings is 2. The third-order valence-electron chi connectivity index (χ3n) is 4.92. The monoisotopic (exact) mass is 433 g/mol. The molecule has 0 radical (unpaired) electrons. The second kappa shape index (κ2) is 7.15. The average Bonchev–Trinajstić information content (AvgIpc) is 3.31. The Kier molecular flexibility index (Phi) is 5.25. The van der Waals surface area contributed by atoms with E-state index in [9.17, 15) is 13.7 Å². The summed E-state index contributed by atoms with van der Waals surface area (Å²) >= 11 is 3.39. The predicted molar refractivity (Wildman–Crippen MR) is 104 cm³/mol. The Balaban J connectivity index is 2.05. The lowest BCUT2D eigenvalue weighted by molar-refractivity contribution is 0.117. The Labute approximate surface area is 162 Å². The molecule has 4 nitrogen and oxygen atoms in total. The van der Waals surface area contributed by atoms with Crippen LogP contribution in [-0.4, -0.2) is 26.9 Å². The standard InChI is InChI=1S/C20H20BrNO3S/c1-3-25-13-20(12-22)18(15-6-8-16(21)9-7-15)19(20)26(23,24)17-10-4-14(2)5-11-17/h4-11,18-19H,3,13H2,1-2H3/t18-,19+,20+/m1/s1. The normalized spacial score (nSPS) is 24.8. The molecule has 3 atom stereocenters. The molecule has 0 unspecified atom stereocenters. The summed E-state index contributed by atoms with van der Waals surface area (Å²) in [5, 5.41) is 9.08. The van der Waals surface area contributed by atoms with Crippen molar-refractivity contribution in [3.8, 4) is 6.07 Å². The maximum atomic E-state index is 13.3. The number of halogens is 1. The van der Waals surface area contributed by atoms with E-state index in [0.717, 1.165) is 15.6 Å². The van der Waals surface area contributed by atoms with Crippen molar-refractivity contribution in [3.05, 3.63) is 64.1 Å². The highest BCUT2D eigenvalue weighted by Gasteiger charge is 2.72. The molecule has 0 bridgehead atoms. The minimum Gasteiger partial charge on any atom is -0.380 e. The molecule has 0 N–H and O–H groups in total. The Morgan fingerprint density at radius 2 is 1.77 bits per heavy atom. The van der Waals surface area contributed by atoms with E-state index in [2.05, 4.69) is 22.0 Å². The zero-order valence-electron chi connectivity index (χ0n) is 14.6. The molecule has 1 fully saturated rings. The van der Waals surface area contributed by atoms with E-state index in [0.29, 0.717) is 6.61 Å². The van der Waals surface area contributed by atoms with Crippen LogP contribution in [0.25, 0.3) is 0 Å². The molecule has 3 rings (SSSR count). The fourth-order valence-corrected chi connectivity index (χ4v) is 6.06. The molecule has 0 aliphatic heterocycles. The summed E-state index contributed by atoms with van der Waals surface area (Å²) in [6, 6.07) is 16.5. The van der Waals surface area contributed by atoms with Crippen molar-refractivity contribution < 1.29 is 13.2 Å². The van der Waals surface area contributed by atoms with Gasteiger partial charge in [-0.05, 0) is 43.7 Å². The summed E-state index contributed by atoms with van der Waals surface area (Å²) in [7, 11) is -3.65. The fourth-order valence-electron chi connectivity index (χ4n) is 3.49. The molecule has 0 saturated heterocycles. The van der Waals surface area contributed by atoms with Crippen LogP contribution < -0.4 is 0 Å². The van der Waals surface area contributed by atoms with Crippen LogP contribution in [0.3, 0.4) is 0 Å². The molecule has 0 amide bonds. The Bertz CT molecular complexity index is 933. The van der Waals surface area contributed by atoms with Crippen molar-refractivity contribution in [2.45, 2.75) is 29.9 Å². The van der Waals surface area contributed by atoms with Crippen molar-refractivity contribution in [2.75, 3.05) is 13.2 Å². The van der Waals surface area contributed by atoms with Gasteiger partial charge in [0.05, 0.1) is 22.8 Å². The summed E-state index contributed by atoms with van der Waals surface area (Å²) < 4.78 is 33.0. The second-order valence-corrected chi connectivity index (χ2v) is 9.58. The van der Waals surface area contributed by atoms with Gasteiger partial charge in [0.25, 0.3) is 0 Å². The van der Waals surface area contributed by atoms with Crippen LogP contribution in [0.1, 0.15) is 24.0 Å². The molecule has 2 aromatic carbocycles. The molecular weight excluding hydrogens is 414 g/mol. The molecule has 6 heteroatoms. The van der Waals surface area contributed by atoms with Gasteiger partial charge in [-0.15, -0.1) is 0 Å². The van der Waals surface area contributed by atoms with Crippen molar-refractivity contribution in [2.24, 2.45) is 5.41 Å². The van der Waals surface area contributed by atoms with Gasteiger partial charge in [0.1, 0.15) is 5.41 Å². The van der Waals surface area contributed by atoms with E-state index in [4.69, 9.17) is 4.74 Å². The predicted octanol–water partition coefficient (Wildman–Crippen LogP) is 4.24. The first-order valence-electron chi connectivity index (χ1n) is 8.42. The van der Waals surface area contributed by atoms with E-state index in [-0.39, 0.29) is 11.5 Å². The van der Waals surface area contributed by atoms with Gasteiger partial charge in [-0.3, -0.25) is 0 Å². The van der Waals surface area contributed by atoms with Gasteiger partial charge in [0, 0.05) is 17.0 Å². The van der Waals surface area contributed by atoms with Crippen molar-refractivity contribution in [1.82, 2.24) is 0 Å². The van der Waals surface area contributed by atoms with Crippen LogP contribution in [-0.2, 0) is 14.6 Å². The second-order valence-electron chi connectivity index (χ2n) is 6.60. The zero-order chi connectivity index (χ0) is 18.9. The number of nitrogens with zero attached hydrogens (tertiary/aromatic N) is 1. The Morgan fingerprint density at radius 1 is 1.15 bits per heavy atom. The quantitative estimate of drug-likeness (QED) is 0.682. The third-order valence-corrected chi connectivity index (χ3v) is 7.74. The van der Waals surface area contributed by atoms with Crippen LogP contribution in [0.15, 0.2) is 57.9 Å². The maximum Gasteiger partial charge on any atom is 0.183 e. The number of aryl methyl sites for hydroxylation is 1. The minimum atomic E-state index is -3.65. The highest BCUT2D eigenvalue weighted by molar-refractivity contribution is 9.10. The smallest absolute Gasteiger partial charge is 0.183 e. The molecule has 1 aliphatic rings. The van der Waals surface area contributed by atoms with Crippen LogP contribution in [0, 0.1) is 23.7 Å². The van der Waals surface area contributed by atoms with Crippen molar-refractivity contribution >= 4 is 25.8 Å². The van der Waals surface area contributed by atoms with Gasteiger partial charge in [-0.25, -0.2) is 8.42 Å². The zero-order valence-corrected chi connectivity index (χ0v) is 17.0. The first-order chi connectivity index (χ1) is 12.4. The average molecular weight is 434 g/mol. The van der Waals surface area contributed by atoms with Crippen LogP contribution in [0.4, 0.5) is 0 Å². The molecule has 136 valence electrons. The molecule has 0 spiro atoms. The first-order valence-corrected chi connectivity index (χ1v) is 10.8. The van der Waals surface area contributed by atoms with E-state index in [1.54, 1.807) is 24.3 Å². The molecule has 0 aromatic heterocycles. The highest BCUT2D eigenvalue weighted by atomic mass is 79.9. The summed E-state index contributed by atoms with van der Waals surface area (Å²) in [4.78, 5) is 0.254. The number of nitriles is 1. The highest BCUT2D eigenvalue weighted by Crippen LogP contribution is 2.64. The first kappa shape index (κ1) is 19.1. The molecule has 1 saturated carbocycles. The number of ether oxygens (including phenoxy) is 1. The largest absolute Gasteiger partial charge is 0.380 e. The lowest BCUT2D eigenvalue weighted by atomic mass is 10.0. The number of hydrogen-bond donors (Lipinski definition) is 0. The lowest BCUT2D eigenvalue weighted by Gasteiger charge is -2.10. The molecule has 0 heterocycles.